The van der Waals surface area contributed by atoms with E-state index < -0.39 is 0 Å². The average molecular weight is 798 g/mol. The second-order valence-electron chi connectivity index (χ2n) is 10.1. The van der Waals surface area contributed by atoms with Gasteiger partial charge in [0.1, 0.15) is 5.75 Å². The summed E-state index contributed by atoms with van der Waals surface area (Å²) < 4.78 is 0. The van der Waals surface area contributed by atoms with Crippen LogP contribution in [0.25, 0.3) is 22.3 Å². The number of nitrogens with zero attached hydrogens (tertiary/aromatic N) is 4. The van der Waals surface area contributed by atoms with Crippen LogP contribution in [-0.4, -0.2) is 27.5 Å². The minimum absolute atomic E-state index is 0. The third-order valence-corrected chi connectivity index (χ3v) is 7.02. The van der Waals surface area contributed by atoms with Gasteiger partial charge in [0.15, 0.2) is 0 Å². The number of aromatic nitrogens is 2. The van der Waals surface area contributed by atoms with Crippen LogP contribution in [0, 0.1) is 34.6 Å². The summed E-state index contributed by atoms with van der Waals surface area (Å²) in [5, 5.41) is 10.8. The summed E-state index contributed by atoms with van der Waals surface area (Å²) in [5.41, 5.74) is 12.9. The fraction of sp³-hybridized carbons (Fsp3) is 0.143. The monoisotopic (exact) mass is 794 g/mol. The largest absolute Gasteiger partial charge is 0.508 e. The molecule has 5 aromatic rings. The molecule has 46 heavy (non-hydrogen) atoms. The van der Waals surface area contributed by atoms with E-state index in [1.807, 2.05) is 48.5 Å². The Morgan fingerprint density at radius 1 is 0.543 bits per heavy atom. The van der Waals surface area contributed by atoms with Crippen molar-refractivity contribution in [1.29, 1.82) is 0 Å². The van der Waals surface area contributed by atoms with Crippen LogP contribution in [0.5, 0.6) is 5.75 Å². The molecule has 0 amide bonds. The van der Waals surface area contributed by atoms with Gasteiger partial charge < -0.3 is 5.11 Å². The molecule has 0 saturated heterocycles. The number of phenols is 1. The first-order valence-corrected chi connectivity index (χ1v) is 13.3. The van der Waals surface area contributed by atoms with E-state index in [9.17, 15) is 5.11 Å². The van der Waals surface area contributed by atoms with Crippen LogP contribution in [0.15, 0.2) is 95.2 Å². The molecule has 0 unspecified atom stereocenters. The maximum absolute atomic E-state index is 10.8. The summed E-state index contributed by atoms with van der Waals surface area (Å²) in [7, 11) is 0. The Morgan fingerprint density at radius 2 is 0.891 bits per heavy atom. The number of halogens is 4. The molecule has 11 heteroatoms. The van der Waals surface area contributed by atoms with Gasteiger partial charge in [-0.3, -0.25) is 20.0 Å². The zero-order valence-corrected chi connectivity index (χ0v) is 30.9. The van der Waals surface area contributed by atoms with Gasteiger partial charge in [-0.1, -0.05) is 12.1 Å². The normalized spacial score (nSPS) is 10.0. The van der Waals surface area contributed by atoms with Crippen molar-refractivity contribution in [2.24, 2.45) is 9.98 Å². The zero-order chi connectivity index (χ0) is 28.2. The molecule has 0 spiro atoms. The van der Waals surface area contributed by atoms with Crippen molar-refractivity contribution in [2.75, 3.05) is 0 Å². The van der Waals surface area contributed by atoms with Gasteiger partial charge in [0, 0.05) is 46.5 Å². The number of rotatable bonds is 6. The molecule has 252 valence electrons. The van der Waals surface area contributed by atoms with Gasteiger partial charge in [-0.2, -0.15) is 0 Å². The third-order valence-electron chi connectivity index (χ3n) is 7.02. The molecule has 3 aromatic carbocycles. The molecule has 1 N–H and O–H groups in total. The summed E-state index contributed by atoms with van der Waals surface area (Å²) in [4.78, 5) is 18.1. The first-order chi connectivity index (χ1) is 19.3. The number of hydrogen-bond donors (Lipinski definition) is 1. The van der Waals surface area contributed by atoms with Crippen molar-refractivity contribution >= 4 is 73.4 Å². The summed E-state index contributed by atoms with van der Waals surface area (Å²) in [6, 6.07) is 23.8. The molecule has 0 aliphatic rings. The Bertz CT molecular complexity index is 1600. The van der Waals surface area contributed by atoms with Crippen LogP contribution in [-0.2, 0) is 34.1 Å². The quantitative estimate of drug-likeness (QED) is 0.137. The van der Waals surface area contributed by atoms with Gasteiger partial charge in [-0.05, 0) is 145 Å². The Labute approximate surface area is 317 Å². The summed E-state index contributed by atoms with van der Waals surface area (Å²) >= 11 is 0. The maximum atomic E-state index is 10.8. The second kappa shape index (κ2) is 20.5. The SMILES string of the molecule is Cc1cc(-c2cc(O)cc(-c3cc(C)c(N=Cc4ccccn4)c(C)c3)c2C)cc(C)c1N=Cc1ccccn1.Cl.Cl.Cl.Cl.[Cu].[Cu]. The van der Waals surface area contributed by atoms with Crippen LogP contribution in [0.3, 0.4) is 0 Å². The predicted octanol–water partition coefficient (Wildman–Crippen LogP) is 10.2. The molecule has 2 heterocycles. The van der Waals surface area contributed by atoms with Crippen molar-refractivity contribution < 1.29 is 39.2 Å². The standard InChI is InChI=1S/C35H32N4O.4ClH.2Cu/c1-22-14-27(15-23(2)34(22)38-20-29-10-6-8-12-36-29)32-18-31(40)19-33(26(32)5)28-16-24(3)35(25(4)17-28)39-21-30-11-7-9-13-37-30;;;;;;/h6-21,40H,1-5H3;4*1H;;. The molecule has 2 radical (unpaired) electrons. The fourth-order valence-electron chi connectivity index (χ4n) is 5.09. The summed E-state index contributed by atoms with van der Waals surface area (Å²) in [5.74, 6) is 0.232. The molecule has 5 nitrogen and oxygen atoms in total. The number of aryl methyl sites for hydroxylation is 4. The molecule has 5 rings (SSSR count). The molecular weight excluding hydrogens is 761 g/mol. The number of aliphatic imine (C=N–C) groups is 2. The van der Waals surface area contributed by atoms with E-state index in [-0.39, 0.29) is 89.5 Å². The van der Waals surface area contributed by atoms with Crippen LogP contribution >= 0.6 is 49.6 Å². The van der Waals surface area contributed by atoms with E-state index in [0.29, 0.717) is 0 Å². The third kappa shape index (κ3) is 10.7. The number of aromatic hydroxyl groups is 1. The molecular formula is C35H36Cl4Cu2N4O. The van der Waals surface area contributed by atoms with Crippen molar-refractivity contribution in [2.45, 2.75) is 34.6 Å². The zero-order valence-electron chi connectivity index (χ0n) is 25.7. The Morgan fingerprint density at radius 3 is 1.20 bits per heavy atom. The van der Waals surface area contributed by atoms with E-state index >= 15 is 0 Å². The van der Waals surface area contributed by atoms with E-state index in [1.165, 1.54) is 0 Å². The molecule has 0 saturated carbocycles. The fourth-order valence-corrected chi connectivity index (χ4v) is 5.09. The van der Waals surface area contributed by atoms with Crippen LogP contribution in [0.1, 0.15) is 39.2 Å². The van der Waals surface area contributed by atoms with E-state index in [1.54, 1.807) is 24.8 Å². The number of benzene rings is 3. The average Bonchev–Trinajstić information content (AvgIpc) is 2.94. The smallest absolute Gasteiger partial charge is 0.116 e. The van der Waals surface area contributed by atoms with Gasteiger partial charge in [0.05, 0.1) is 35.2 Å². The minimum atomic E-state index is 0. The Hall–Kier alpha value is -2.70. The van der Waals surface area contributed by atoms with Crippen molar-refractivity contribution in [3.05, 3.63) is 124 Å². The van der Waals surface area contributed by atoms with Gasteiger partial charge >= 0.3 is 0 Å². The minimum Gasteiger partial charge on any atom is -0.508 e. The van der Waals surface area contributed by atoms with E-state index in [2.05, 4.69) is 68.9 Å². The first kappa shape index (κ1) is 45.4. The van der Waals surface area contributed by atoms with Crippen molar-refractivity contribution in [1.82, 2.24) is 9.97 Å². The van der Waals surface area contributed by atoms with Gasteiger partial charge in [-0.25, -0.2) is 0 Å². The summed E-state index contributed by atoms with van der Waals surface area (Å²) in [6.07, 6.45) is 7.11. The van der Waals surface area contributed by atoms with Crippen LogP contribution < -0.4 is 0 Å². The van der Waals surface area contributed by atoms with E-state index in [4.69, 9.17) is 9.98 Å². The molecule has 2 aromatic heterocycles. The molecule has 0 aliphatic heterocycles. The molecule has 0 fully saturated rings. The summed E-state index contributed by atoms with van der Waals surface area (Å²) in [6.45, 7) is 10.4. The first-order valence-electron chi connectivity index (χ1n) is 13.3. The van der Waals surface area contributed by atoms with Gasteiger partial charge in [0.2, 0.25) is 0 Å². The van der Waals surface area contributed by atoms with Crippen molar-refractivity contribution in [3.63, 3.8) is 0 Å². The predicted molar refractivity (Wildman–Crippen MR) is 195 cm³/mol. The Balaban J connectivity index is 0. The van der Waals surface area contributed by atoms with Gasteiger partial charge in [0.25, 0.3) is 0 Å². The van der Waals surface area contributed by atoms with Crippen molar-refractivity contribution in [3.8, 4) is 28.0 Å². The maximum Gasteiger partial charge on any atom is 0.116 e. The molecule has 0 aliphatic carbocycles. The van der Waals surface area contributed by atoms with E-state index in [0.717, 1.165) is 72.8 Å². The number of hydrogen-bond acceptors (Lipinski definition) is 5. The topological polar surface area (TPSA) is 70.7 Å². The molecule has 0 atom stereocenters. The van der Waals surface area contributed by atoms with Crippen LogP contribution in [0.4, 0.5) is 11.4 Å². The van der Waals surface area contributed by atoms with Crippen LogP contribution in [0.2, 0.25) is 0 Å². The number of pyridine rings is 2. The number of phenolic OH excluding ortho intramolecular Hbond substituents is 1. The van der Waals surface area contributed by atoms with Gasteiger partial charge in [-0.15, -0.1) is 49.6 Å². The second-order valence-corrected chi connectivity index (χ2v) is 10.1. The Kier molecular flexibility index (Phi) is 20.3. The molecule has 0 bridgehead atoms.